The monoisotopic (exact) mass is 339 g/mol. The summed E-state index contributed by atoms with van der Waals surface area (Å²) < 4.78 is 18.9. The van der Waals surface area contributed by atoms with Crippen LogP contribution in [0.25, 0.3) is 11.5 Å². The lowest BCUT2D eigenvalue weighted by atomic mass is 9.99. The van der Waals surface area contributed by atoms with E-state index in [-0.39, 0.29) is 6.04 Å². The molecular formula is C18H18FN5O. The van der Waals surface area contributed by atoms with Crippen LogP contribution in [0, 0.1) is 5.95 Å². The van der Waals surface area contributed by atoms with E-state index in [2.05, 4.69) is 21.9 Å². The minimum Gasteiger partial charge on any atom is -0.496 e. The molecule has 0 bridgehead atoms. The molecule has 1 N–H and O–H groups in total. The Bertz CT molecular complexity index is 896. The molecule has 3 aromatic heterocycles. The highest BCUT2D eigenvalue weighted by atomic mass is 19.1. The van der Waals surface area contributed by atoms with Crippen LogP contribution in [0.1, 0.15) is 24.2 Å². The molecule has 0 spiro atoms. The third-order valence-corrected chi connectivity index (χ3v) is 4.53. The lowest BCUT2D eigenvalue weighted by molar-refractivity contribution is 0.408. The van der Waals surface area contributed by atoms with Gasteiger partial charge in [0.15, 0.2) is 5.82 Å². The van der Waals surface area contributed by atoms with Gasteiger partial charge in [-0.3, -0.25) is 0 Å². The molecule has 6 nitrogen and oxygen atoms in total. The van der Waals surface area contributed by atoms with Gasteiger partial charge < -0.3 is 14.6 Å². The number of nitrogens with one attached hydrogen (secondary N) is 1. The van der Waals surface area contributed by atoms with Crippen molar-refractivity contribution in [2.24, 2.45) is 0 Å². The van der Waals surface area contributed by atoms with Gasteiger partial charge in [-0.15, -0.1) is 0 Å². The van der Waals surface area contributed by atoms with Gasteiger partial charge in [0.25, 0.3) is 0 Å². The zero-order chi connectivity index (χ0) is 17.4. The van der Waals surface area contributed by atoms with E-state index in [1.165, 1.54) is 13.2 Å². The molecule has 7 heteroatoms. The maximum Gasteiger partial charge on any atom is 0.218 e. The minimum atomic E-state index is -0.550. The Morgan fingerprint density at radius 1 is 1.32 bits per heavy atom. The molecule has 0 radical (unpaired) electrons. The number of hydrogen-bond donors (Lipinski definition) is 1. The number of aromatic nitrogens is 4. The number of aromatic amines is 1. The second-order valence-corrected chi connectivity index (χ2v) is 5.99. The molecule has 25 heavy (non-hydrogen) atoms. The summed E-state index contributed by atoms with van der Waals surface area (Å²) in [4.78, 5) is 18.4. The molecule has 1 unspecified atom stereocenters. The second-order valence-electron chi connectivity index (χ2n) is 5.99. The van der Waals surface area contributed by atoms with E-state index in [0.29, 0.717) is 23.9 Å². The van der Waals surface area contributed by atoms with Crippen molar-refractivity contribution in [3.63, 3.8) is 0 Å². The van der Waals surface area contributed by atoms with Crippen molar-refractivity contribution in [1.82, 2.24) is 19.9 Å². The normalized spacial score (nSPS) is 16.6. The van der Waals surface area contributed by atoms with Gasteiger partial charge in [-0.05, 0) is 19.1 Å². The largest absolute Gasteiger partial charge is 0.496 e. The fourth-order valence-electron chi connectivity index (χ4n) is 3.20. The highest BCUT2D eigenvalue weighted by molar-refractivity contribution is 5.52. The van der Waals surface area contributed by atoms with Crippen LogP contribution in [-0.4, -0.2) is 33.6 Å². The van der Waals surface area contributed by atoms with Gasteiger partial charge >= 0.3 is 0 Å². The topological polar surface area (TPSA) is 66.9 Å². The smallest absolute Gasteiger partial charge is 0.218 e. The molecule has 0 fully saturated rings. The van der Waals surface area contributed by atoms with Crippen molar-refractivity contribution < 1.29 is 9.13 Å². The number of pyridine rings is 1. The first kappa shape index (κ1) is 15.6. The molecular weight excluding hydrogens is 321 g/mol. The standard InChI is InChI=1S/C18H18FN5O/c1-11-13-10-21-18(15-4-3-6-20-15)22-14(13)5-7-24(11)17-9-12(25-2)8-16(19)23-17/h3-4,6,8-11,20H,5,7H2,1-2H3. The summed E-state index contributed by atoms with van der Waals surface area (Å²) in [6, 6.07) is 6.89. The van der Waals surface area contributed by atoms with Gasteiger partial charge in [-0.1, -0.05) is 0 Å². The molecule has 128 valence electrons. The minimum absolute atomic E-state index is 0.000415. The first-order valence-electron chi connectivity index (χ1n) is 8.13. The van der Waals surface area contributed by atoms with Gasteiger partial charge in [-0.25, -0.2) is 15.0 Å². The maximum absolute atomic E-state index is 13.8. The maximum atomic E-state index is 13.8. The predicted molar refractivity (Wildman–Crippen MR) is 92.0 cm³/mol. The fraction of sp³-hybridized carbons (Fsp3) is 0.278. The predicted octanol–water partition coefficient (Wildman–Crippen LogP) is 3.14. The lowest BCUT2D eigenvalue weighted by Gasteiger charge is -2.35. The average Bonchev–Trinajstić information content (AvgIpc) is 3.16. The summed E-state index contributed by atoms with van der Waals surface area (Å²) in [6.45, 7) is 2.75. The summed E-state index contributed by atoms with van der Waals surface area (Å²) >= 11 is 0. The third-order valence-electron chi connectivity index (χ3n) is 4.53. The summed E-state index contributed by atoms with van der Waals surface area (Å²) in [6.07, 6.45) is 4.45. The summed E-state index contributed by atoms with van der Waals surface area (Å²) in [7, 11) is 1.52. The van der Waals surface area contributed by atoms with Gasteiger partial charge in [-0.2, -0.15) is 4.39 Å². The highest BCUT2D eigenvalue weighted by Crippen LogP contribution is 2.33. The van der Waals surface area contributed by atoms with Crippen molar-refractivity contribution in [3.8, 4) is 17.3 Å². The third kappa shape index (κ3) is 2.82. The number of anilines is 1. The van der Waals surface area contributed by atoms with Crippen LogP contribution in [0.4, 0.5) is 10.2 Å². The first-order valence-corrected chi connectivity index (χ1v) is 8.13. The summed E-state index contributed by atoms with van der Waals surface area (Å²) in [5, 5.41) is 0. The Morgan fingerprint density at radius 3 is 2.96 bits per heavy atom. The van der Waals surface area contributed by atoms with Crippen molar-refractivity contribution in [2.75, 3.05) is 18.6 Å². The Morgan fingerprint density at radius 2 is 2.20 bits per heavy atom. The summed E-state index contributed by atoms with van der Waals surface area (Å²) in [5.41, 5.74) is 2.95. The van der Waals surface area contributed by atoms with Gasteiger partial charge in [0.2, 0.25) is 5.95 Å². The Kier molecular flexibility index (Phi) is 3.83. The van der Waals surface area contributed by atoms with E-state index in [9.17, 15) is 4.39 Å². The molecule has 0 saturated heterocycles. The zero-order valence-electron chi connectivity index (χ0n) is 14.0. The number of rotatable bonds is 3. The SMILES string of the molecule is COc1cc(F)nc(N2CCc3nc(-c4ccc[nH]4)ncc3C2C)c1. The number of ether oxygens (including phenoxy) is 1. The number of nitrogens with zero attached hydrogens (tertiary/aromatic N) is 4. The van der Waals surface area contributed by atoms with Crippen molar-refractivity contribution >= 4 is 5.82 Å². The molecule has 0 aliphatic carbocycles. The fourth-order valence-corrected chi connectivity index (χ4v) is 3.20. The van der Waals surface area contributed by atoms with Crippen LogP contribution in [0.15, 0.2) is 36.7 Å². The van der Waals surface area contributed by atoms with Crippen LogP contribution in [0.5, 0.6) is 5.75 Å². The molecule has 1 aliphatic heterocycles. The number of methoxy groups -OCH3 is 1. The number of halogens is 1. The Hall–Kier alpha value is -2.96. The zero-order valence-corrected chi connectivity index (χ0v) is 14.0. The molecule has 1 aliphatic rings. The van der Waals surface area contributed by atoms with Gasteiger partial charge in [0.05, 0.1) is 24.5 Å². The van der Waals surface area contributed by atoms with Crippen LogP contribution in [-0.2, 0) is 6.42 Å². The number of H-pyrrole nitrogens is 1. The average molecular weight is 339 g/mol. The number of fused-ring (bicyclic) bond motifs is 1. The Labute approximate surface area is 144 Å². The lowest BCUT2D eigenvalue weighted by Crippen LogP contribution is -2.35. The van der Waals surface area contributed by atoms with Crippen LogP contribution < -0.4 is 9.64 Å². The van der Waals surface area contributed by atoms with E-state index in [1.54, 1.807) is 6.07 Å². The summed E-state index contributed by atoms with van der Waals surface area (Å²) in [5.74, 6) is 1.16. The highest BCUT2D eigenvalue weighted by Gasteiger charge is 2.27. The van der Waals surface area contributed by atoms with Crippen LogP contribution in [0.2, 0.25) is 0 Å². The van der Waals surface area contributed by atoms with Gasteiger partial charge in [0, 0.05) is 43.1 Å². The molecule has 0 saturated carbocycles. The van der Waals surface area contributed by atoms with E-state index in [0.717, 1.165) is 23.4 Å². The quantitative estimate of drug-likeness (QED) is 0.743. The van der Waals surface area contributed by atoms with Crippen molar-refractivity contribution in [1.29, 1.82) is 0 Å². The number of hydrogen-bond acceptors (Lipinski definition) is 5. The van der Waals surface area contributed by atoms with Gasteiger partial charge in [0.1, 0.15) is 11.6 Å². The van der Waals surface area contributed by atoms with Crippen LogP contribution in [0.3, 0.4) is 0 Å². The molecule has 0 aromatic carbocycles. The van der Waals surface area contributed by atoms with E-state index < -0.39 is 5.95 Å². The van der Waals surface area contributed by atoms with E-state index >= 15 is 0 Å². The van der Waals surface area contributed by atoms with Crippen molar-refractivity contribution in [2.45, 2.75) is 19.4 Å². The molecule has 3 aromatic rings. The van der Waals surface area contributed by atoms with Crippen molar-refractivity contribution in [3.05, 3.63) is 53.9 Å². The van der Waals surface area contributed by atoms with E-state index in [4.69, 9.17) is 9.72 Å². The molecule has 0 amide bonds. The molecule has 4 heterocycles. The second kappa shape index (κ2) is 6.16. The molecule has 1 atom stereocenters. The Balaban J connectivity index is 1.67. The molecule has 4 rings (SSSR count). The van der Waals surface area contributed by atoms with E-state index in [1.807, 2.05) is 29.4 Å². The van der Waals surface area contributed by atoms with Crippen LogP contribution >= 0.6 is 0 Å². The first-order chi connectivity index (χ1) is 12.2.